The fourth-order valence-electron chi connectivity index (χ4n) is 4.35. The number of nitrogens with one attached hydrogen (secondary N) is 1. The average molecular weight is 384 g/mol. The molecule has 28 heavy (non-hydrogen) atoms. The van der Waals surface area contributed by atoms with Crippen molar-refractivity contribution in [3.05, 3.63) is 48.1 Å². The minimum Gasteiger partial charge on any atom is -0.493 e. The lowest BCUT2D eigenvalue weighted by Gasteiger charge is -2.10. The van der Waals surface area contributed by atoms with E-state index in [2.05, 4.69) is 29.6 Å². The van der Waals surface area contributed by atoms with Crippen molar-refractivity contribution in [3.8, 4) is 11.5 Å². The highest BCUT2D eigenvalue weighted by Crippen LogP contribution is 2.52. The van der Waals surface area contributed by atoms with Crippen molar-refractivity contribution in [2.45, 2.75) is 44.9 Å². The molecule has 3 atom stereocenters. The van der Waals surface area contributed by atoms with Crippen molar-refractivity contribution in [1.82, 2.24) is 5.32 Å². The van der Waals surface area contributed by atoms with E-state index in [0.717, 1.165) is 62.0 Å². The first-order valence-electron chi connectivity index (χ1n) is 10.5. The molecular weight excluding hydrogens is 350 g/mol. The van der Waals surface area contributed by atoms with Gasteiger partial charge < -0.3 is 14.8 Å². The number of amides is 1. The van der Waals surface area contributed by atoms with Crippen LogP contribution in [0.2, 0.25) is 0 Å². The van der Waals surface area contributed by atoms with E-state index in [4.69, 9.17) is 9.47 Å². The minimum atomic E-state index is 0.202. The van der Waals surface area contributed by atoms with Gasteiger partial charge in [-0.1, -0.05) is 30.4 Å². The van der Waals surface area contributed by atoms with Crippen LogP contribution in [0.25, 0.3) is 0 Å². The molecule has 0 aromatic heterocycles. The van der Waals surface area contributed by atoms with E-state index in [9.17, 15) is 4.79 Å². The summed E-state index contributed by atoms with van der Waals surface area (Å²) in [6.45, 7) is 0.657. The first kappa shape index (κ1) is 20.5. The summed E-state index contributed by atoms with van der Waals surface area (Å²) in [5.41, 5.74) is 1.13. The number of hydrogen-bond acceptors (Lipinski definition) is 3. The third-order valence-corrected chi connectivity index (χ3v) is 5.96. The first-order chi connectivity index (χ1) is 13.7. The lowest BCUT2D eigenvalue weighted by atomic mass is 10.1. The minimum absolute atomic E-state index is 0.202. The Morgan fingerprint density at radius 3 is 2.14 bits per heavy atom. The monoisotopic (exact) mass is 383 g/mol. The molecule has 0 heterocycles. The van der Waals surface area contributed by atoms with Crippen molar-refractivity contribution >= 4 is 5.91 Å². The zero-order valence-corrected chi connectivity index (χ0v) is 17.2. The van der Waals surface area contributed by atoms with Gasteiger partial charge in [-0.25, -0.2) is 0 Å². The molecule has 2 aliphatic rings. The fourth-order valence-corrected chi connectivity index (χ4v) is 4.35. The lowest BCUT2D eigenvalue weighted by Crippen LogP contribution is -2.28. The Bertz CT molecular complexity index is 686. The van der Waals surface area contributed by atoms with E-state index in [1.807, 2.05) is 18.2 Å². The summed E-state index contributed by atoms with van der Waals surface area (Å²) in [4.78, 5) is 12.7. The molecule has 1 fully saturated rings. The summed E-state index contributed by atoms with van der Waals surface area (Å²) >= 11 is 0. The normalized spacial score (nSPS) is 26.7. The van der Waals surface area contributed by atoms with Crippen molar-refractivity contribution in [3.63, 3.8) is 0 Å². The van der Waals surface area contributed by atoms with Crippen LogP contribution in [0.3, 0.4) is 0 Å². The summed E-state index contributed by atoms with van der Waals surface area (Å²) < 4.78 is 10.6. The third-order valence-electron chi connectivity index (χ3n) is 5.96. The number of rotatable bonds is 6. The Morgan fingerprint density at radius 2 is 1.54 bits per heavy atom. The number of allylic oxidation sites excluding steroid dienone is 4. The van der Waals surface area contributed by atoms with Crippen LogP contribution in [0.5, 0.6) is 11.5 Å². The van der Waals surface area contributed by atoms with Crippen LogP contribution in [0.4, 0.5) is 0 Å². The van der Waals surface area contributed by atoms with Crippen LogP contribution in [-0.4, -0.2) is 26.7 Å². The molecule has 1 saturated carbocycles. The molecule has 0 saturated heterocycles. The topological polar surface area (TPSA) is 47.6 Å². The van der Waals surface area contributed by atoms with Gasteiger partial charge in [0.25, 0.3) is 0 Å². The van der Waals surface area contributed by atoms with Crippen LogP contribution in [0.15, 0.2) is 42.5 Å². The summed E-state index contributed by atoms with van der Waals surface area (Å²) in [7, 11) is 3.28. The van der Waals surface area contributed by atoms with Crippen molar-refractivity contribution in [2.24, 2.45) is 17.8 Å². The van der Waals surface area contributed by atoms with Crippen LogP contribution >= 0.6 is 0 Å². The fraction of sp³-hybridized carbons (Fsp3) is 0.542. The number of carbonyl (C=O) groups is 1. The molecule has 1 N–H and O–H groups in total. The lowest BCUT2D eigenvalue weighted by molar-refractivity contribution is -0.122. The van der Waals surface area contributed by atoms with E-state index in [1.54, 1.807) is 14.2 Å². The second-order valence-corrected chi connectivity index (χ2v) is 7.76. The van der Waals surface area contributed by atoms with Crippen LogP contribution in [0.1, 0.15) is 44.1 Å². The maximum Gasteiger partial charge on any atom is 0.223 e. The number of ether oxygens (including phenoxy) is 2. The van der Waals surface area contributed by atoms with Gasteiger partial charge >= 0.3 is 0 Å². The first-order valence-corrected chi connectivity index (χ1v) is 10.5. The summed E-state index contributed by atoms with van der Waals surface area (Å²) in [5, 5.41) is 3.17. The quantitative estimate of drug-likeness (QED) is 0.725. The predicted octanol–water partition coefficient (Wildman–Crippen LogP) is 4.69. The number of benzene rings is 1. The van der Waals surface area contributed by atoms with Gasteiger partial charge in [0.15, 0.2) is 11.5 Å². The summed E-state index contributed by atoms with van der Waals surface area (Å²) in [6, 6.07) is 5.92. The van der Waals surface area contributed by atoms with Crippen molar-refractivity contribution < 1.29 is 14.3 Å². The van der Waals surface area contributed by atoms with Gasteiger partial charge in [-0.2, -0.15) is 0 Å². The van der Waals surface area contributed by atoms with Crippen LogP contribution in [0, 0.1) is 17.8 Å². The van der Waals surface area contributed by atoms with Gasteiger partial charge in [0.2, 0.25) is 5.91 Å². The average Bonchev–Trinajstić information content (AvgIpc) is 3.40. The van der Waals surface area contributed by atoms with Gasteiger partial charge in [-0.15, -0.1) is 0 Å². The standard InChI is InChI=1S/C24H33NO3/c1-27-21-14-13-18(17-22(21)28-2)15-16-25-24(26)23-19-11-9-7-5-3-4-6-8-10-12-20(19)23/h5-8,13-14,17,19-20,23H,3-4,9-12,15-16H2,1-2H3,(H,25,26)/b7-5-,8-6+/t19-,20+,23?/m1/s1. The molecule has 1 aromatic carbocycles. The SMILES string of the molecule is COc1ccc(CCNC(=O)C2[C@H]3CC/C=C/CC/C=C\CC[C@@H]23)cc1OC. The van der Waals surface area contributed by atoms with Crippen molar-refractivity contribution in [1.29, 1.82) is 0 Å². The van der Waals surface area contributed by atoms with Gasteiger partial charge in [0.1, 0.15) is 0 Å². The largest absolute Gasteiger partial charge is 0.493 e. The third kappa shape index (κ3) is 5.40. The van der Waals surface area contributed by atoms with Crippen LogP contribution < -0.4 is 14.8 Å². The smallest absolute Gasteiger partial charge is 0.223 e. The Labute approximate surface area is 169 Å². The molecular formula is C24H33NO3. The second-order valence-electron chi connectivity index (χ2n) is 7.76. The van der Waals surface area contributed by atoms with Gasteiger partial charge in [-0.3, -0.25) is 4.79 Å². The molecule has 0 bridgehead atoms. The van der Waals surface area contributed by atoms with E-state index in [-0.39, 0.29) is 11.8 Å². The zero-order valence-electron chi connectivity index (χ0n) is 17.2. The van der Waals surface area contributed by atoms with Crippen molar-refractivity contribution in [2.75, 3.05) is 20.8 Å². The Kier molecular flexibility index (Phi) is 7.58. The molecule has 0 aliphatic heterocycles. The maximum absolute atomic E-state index is 12.7. The second kappa shape index (κ2) is 10.4. The summed E-state index contributed by atoms with van der Waals surface area (Å²) in [6.07, 6.45) is 16.7. The molecule has 152 valence electrons. The zero-order chi connectivity index (χ0) is 19.8. The molecule has 0 radical (unpaired) electrons. The molecule has 0 spiro atoms. The predicted molar refractivity (Wildman–Crippen MR) is 113 cm³/mol. The molecule has 1 unspecified atom stereocenters. The number of fused-ring (bicyclic) bond motifs is 1. The number of carbonyl (C=O) groups excluding carboxylic acids is 1. The highest BCUT2D eigenvalue weighted by molar-refractivity contribution is 5.82. The molecule has 4 heteroatoms. The Hall–Kier alpha value is -2.23. The van der Waals surface area contributed by atoms with Gasteiger partial charge in [0, 0.05) is 12.5 Å². The molecule has 1 aromatic rings. The maximum atomic E-state index is 12.7. The number of hydrogen-bond donors (Lipinski definition) is 1. The molecule has 3 rings (SSSR count). The Morgan fingerprint density at radius 1 is 0.929 bits per heavy atom. The highest BCUT2D eigenvalue weighted by Gasteiger charge is 2.52. The molecule has 2 aliphatic carbocycles. The number of methoxy groups -OCH3 is 2. The van der Waals surface area contributed by atoms with E-state index >= 15 is 0 Å². The van der Waals surface area contributed by atoms with E-state index < -0.39 is 0 Å². The van der Waals surface area contributed by atoms with E-state index in [0.29, 0.717) is 18.4 Å². The van der Waals surface area contributed by atoms with E-state index in [1.165, 1.54) is 0 Å². The molecule has 4 nitrogen and oxygen atoms in total. The summed E-state index contributed by atoms with van der Waals surface area (Å²) in [5.74, 6) is 3.00. The van der Waals surface area contributed by atoms with Gasteiger partial charge in [-0.05, 0) is 74.5 Å². The molecule has 1 amide bonds. The van der Waals surface area contributed by atoms with Gasteiger partial charge in [0.05, 0.1) is 14.2 Å². The Balaban J connectivity index is 1.49. The van der Waals surface area contributed by atoms with Crippen LogP contribution in [-0.2, 0) is 11.2 Å². The highest BCUT2D eigenvalue weighted by atomic mass is 16.5.